The number of ether oxygens (including phenoxy) is 3. The van der Waals surface area contributed by atoms with E-state index in [2.05, 4.69) is 0 Å². The summed E-state index contributed by atoms with van der Waals surface area (Å²) in [5.74, 6) is -1.09. The second-order valence-electron chi connectivity index (χ2n) is 5.18. The normalized spacial score (nSPS) is 22.8. The fourth-order valence-electron chi connectivity index (χ4n) is 2.36. The zero-order chi connectivity index (χ0) is 17.9. The van der Waals surface area contributed by atoms with Crippen molar-refractivity contribution in [2.45, 2.75) is 38.7 Å². The van der Waals surface area contributed by atoms with Crippen molar-refractivity contribution in [1.29, 1.82) is 0 Å². The van der Waals surface area contributed by atoms with Crippen molar-refractivity contribution in [3.8, 4) is 0 Å². The largest absolute Gasteiger partial charge is 0.463 e. The molecule has 1 aromatic heterocycles. The van der Waals surface area contributed by atoms with Crippen LogP contribution >= 0.6 is 0 Å². The van der Waals surface area contributed by atoms with Gasteiger partial charge in [-0.3, -0.25) is 28.7 Å². The van der Waals surface area contributed by atoms with Gasteiger partial charge in [-0.2, -0.15) is 0 Å². The van der Waals surface area contributed by atoms with Crippen molar-refractivity contribution < 1.29 is 28.6 Å². The van der Waals surface area contributed by atoms with Crippen LogP contribution in [0.3, 0.4) is 0 Å². The molecule has 1 unspecified atom stereocenters. The van der Waals surface area contributed by atoms with Crippen molar-refractivity contribution in [1.82, 2.24) is 9.55 Å². The summed E-state index contributed by atoms with van der Waals surface area (Å²) in [6, 6.07) is 0. The number of nitrogens with zero attached hydrogens (tertiary/aromatic N) is 1. The van der Waals surface area contributed by atoms with Crippen LogP contribution in [0.5, 0.6) is 0 Å². The third kappa shape index (κ3) is 3.96. The first-order valence-corrected chi connectivity index (χ1v) is 7.08. The van der Waals surface area contributed by atoms with Crippen LogP contribution in [0.15, 0.2) is 15.8 Å². The van der Waals surface area contributed by atoms with E-state index in [4.69, 9.17) is 14.2 Å². The van der Waals surface area contributed by atoms with E-state index in [1.165, 1.54) is 13.8 Å². The average molecular weight is 340 g/mol. The van der Waals surface area contributed by atoms with Crippen LogP contribution in [0.25, 0.3) is 0 Å². The molecule has 1 N–H and O–H groups in total. The predicted octanol–water partition coefficient (Wildman–Crippen LogP) is -0.869. The van der Waals surface area contributed by atoms with Gasteiger partial charge < -0.3 is 14.2 Å². The smallest absolute Gasteiger partial charge is 0.330 e. The maximum absolute atomic E-state index is 11.9. The number of esters is 2. The molecule has 1 aliphatic rings. The lowest BCUT2D eigenvalue weighted by Gasteiger charge is -2.17. The van der Waals surface area contributed by atoms with E-state index in [0.29, 0.717) is 6.29 Å². The number of carbonyl (C=O) groups is 3. The summed E-state index contributed by atoms with van der Waals surface area (Å²) in [5, 5.41) is 0. The van der Waals surface area contributed by atoms with Crippen molar-refractivity contribution in [3.05, 3.63) is 32.6 Å². The molecule has 2 rings (SSSR count). The minimum Gasteiger partial charge on any atom is -0.463 e. The molecule has 1 aromatic rings. The Hall–Kier alpha value is -2.75. The number of aromatic nitrogens is 2. The van der Waals surface area contributed by atoms with Crippen LogP contribution < -0.4 is 11.2 Å². The van der Waals surface area contributed by atoms with E-state index in [1.54, 1.807) is 0 Å². The number of aldehydes is 1. The molecule has 0 radical (unpaired) electrons. The molecular formula is C14H16N2O8. The quantitative estimate of drug-likeness (QED) is 0.540. The van der Waals surface area contributed by atoms with Gasteiger partial charge in [0.1, 0.15) is 25.0 Å². The summed E-state index contributed by atoms with van der Waals surface area (Å²) >= 11 is 0. The third-order valence-corrected chi connectivity index (χ3v) is 3.38. The van der Waals surface area contributed by atoms with Gasteiger partial charge in [-0.15, -0.1) is 0 Å². The molecule has 3 atom stereocenters. The number of rotatable bonds is 5. The fourth-order valence-corrected chi connectivity index (χ4v) is 2.36. The Bertz CT molecular complexity index is 765. The Morgan fingerprint density at radius 1 is 1.38 bits per heavy atom. The molecule has 0 saturated carbocycles. The minimum absolute atomic E-state index is 0.0930. The molecule has 0 amide bonds. The molecule has 0 aromatic carbocycles. The maximum Gasteiger partial charge on any atom is 0.330 e. The van der Waals surface area contributed by atoms with E-state index in [1.807, 2.05) is 4.98 Å². The van der Waals surface area contributed by atoms with Crippen LogP contribution in [0, 0.1) is 0 Å². The lowest BCUT2D eigenvalue weighted by atomic mass is 10.2. The summed E-state index contributed by atoms with van der Waals surface area (Å²) in [7, 11) is 0. The Morgan fingerprint density at radius 2 is 2.08 bits per heavy atom. The molecule has 1 aliphatic heterocycles. The first-order valence-electron chi connectivity index (χ1n) is 7.08. The molecular weight excluding hydrogens is 324 g/mol. The van der Waals surface area contributed by atoms with Gasteiger partial charge in [-0.25, -0.2) is 4.79 Å². The van der Waals surface area contributed by atoms with E-state index in [0.717, 1.165) is 10.8 Å². The van der Waals surface area contributed by atoms with E-state index in [-0.39, 0.29) is 18.6 Å². The van der Waals surface area contributed by atoms with Gasteiger partial charge in [0.2, 0.25) is 0 Å². The third-order valence-electron chi connectivity index (χ3n) is 3.38. The SMILES string of the molecule is CC(=O)OC[C@H]1OC(n2cc(C=O)c(=O)[nH]c2=O)C[C@@H]1OC(C)=O. The number of nitrogens with one attached hydrogen (secondary N) is 1. The van der Waals surface area contributed by atoms with E-state index < -0.39 is 41.6 Å². The van der Waals surface area contributed by atoms with Gasteiger partial charge in [-0.1, -0.05) is 0 Å². The number of carbonyl (C=O) groups excluding carboxylic acids is 3. The van der Waals surface area contributed by atoms with Crippen LogP contribution in [-0.2, 0) is 23.8 Å². The molecule has 1 saturated heterocycles. The summed E-state index contributed by atoms with van der Waals surface area (Å²) < 4.78 is 16.6. The van der Waals surface area contributed by atoms with Gasteiger partial charge in [-0.05, 0) is 0 Å². The van der Waals surface area contributed by atoms with Crippen molar-refractivity contribution in [2.75, 3.05) is 6.61 Å². The lowest BCUT2D eigenvalue weighted by molar-refractivity contribution is -0.155. The van der Waals surface area contributed by atoms with Crippen LogP contribution in [0.1, 0.15) is 36.9 Å². The number of aromatic amines is 1. The average Bonchev–Trinajstić information content (AvgIpc) is 2.87. The highest BCUT2D eigenvalue weighted by Crippen LogP contribution is 2.30. The number of hydrogen-bond donors (Lipinski definition) is 1. The molecule has 1 fully saturated rings. The summed E-state index contributed by atoms with van der Waals surface area (Å²) in [4.78, 5) is 58.3. The highest BCUT2D eigenvalue weighted by molar-refractivity contribution is 5.73. The number of hydrogen-bond acceptors (Lipinski definition) is 8. The highest BCUT2D eigenvalue weighted by Gasteiger charge is 2.39. The van der Waals surface area contributed by atoms with Gasteiger partial charge in [0, 0.05) is 26.5 Å². The van der Waals surface area contributed by atoms with Crippen LogP contribution in [0.4, 0.5) is 0 Å². The lowest BCUT2D eigenvalue weighted by Crippen LogP contribution is -2.34. The van der Waals surface area contributed by atoms with Gasteiger partial charge >= 0.3 is 17.6 Å². The Kier molecular flexibility index (Phi) is 5.29. The van der Waals surface area contributed by atoms with Gasteiger partial charge in [0.25, 0.3) is 5.56 Å². The summed E-state index contributed by atoms with van der Waals surface area (Å²) in [6.45, 7) is 2.27. The van der Waals surface area contributed by atoms with Crippen LogP contribution in [-0.4, -0.2) is 46.6 Å². The summed E-state index contributed by atoms with van der Waals surface area (Å²) in [6.07, 6.45) is -0.943. The van der Waals surface area contributed by atoms with E-state index in [9.17, 15) is 24.0 Å². The van der Waals surface area contributed by atoms with Crippen LogP contribution in [0.2, 0.25) is 0 Å². The standard InChI is InChI=1S/C14H16N2O8/c1-7(18)22-6-11-10(23-8(2)19)3-12(24-11)16-4-9(5-17)13(20)15-14(16)21/h4-5,10-12H,3,6H2,1-2H3,(H,15,20,21)/t10-,11+,12?/m0/s1. The zero-order valence-electron chi connectivity index (χ0n) is 13.0. The minimum atomic E-state index is -0.891. The first-order chi connectivity index (χ1) is 11.3. The van der Waals surface area contributed by atoms with Crippen molar-refractivity contribution in [2.24, 2.45) is 0 Å². The van der Waals surface area contributed by atoms with Gasteiger partial charge in [0.15, 0.2) is 6.29 Å². The number of H-pyrrole nitrogens is 1. The molecule has 2 heterocycles. The Morgan fingerprint density at radius 3 is 2.67 bits per heavy atom. The molecule has 130 valence electrons. The van der Waals surface area contributed by atoms with Crippen molar-refractivity contribution in [3.63, 3.8) is 0 Å². The molecule has 0 aliphatic carbocycles. The monoisotopic (exact) mass is 340 g/mol. The topological polar surface area (TPSA) is 134 Å². The van der Waals surface area contributed by atoms with Gasteiger partial charge in [0.05, 0.1) is 5.56 Å². The second kappa shape index (κ2) is 7.21. The molecule has 0 bridgehead atoms. The molecule has 10 heteroatoms. The zero-order valence-corrected chi connectivity index (χ0v) is 13.0. The van der Waals surface area contributed by atoms with E-state index >= 15 is 0 Å². The first kappa shape index (κ1) is 17.6. The fraction of sp³-hybridized carbons (Fsp3) is 0.500. The van der Waals surface area contributed by atoms with Crippen molar-refractivity contribution >= 4 is 18.2 Å². The predicted molar refractivity (Wildman–Crippen MR) is 77.4 cm³/mol. The highest BCUT2D eigenvalue weighted by atomic mass is 16.6. The maximum atomic E-state index is 11.9. The molecule has 10 nitrogen and oxygen atoms in total. The summed E-state index contributed by atoms with van der Waals surface area (Å²) in [5.41, 5.74) is -1.83. The second-order valence-corrected chi connectivity index (χ2v) is 5.18. The molecule has 24 heavy (non-hydrogen) atoms. The molecule has 0 spiro atoms. The Balaban J connectivity index is 2.27. The Labute approximate surface area is 135 Å².